The van der Waals surface area contributed by atoms with Crippen LogP contribution in [0.2, 0.25) is 10.0 Å². The van der Waals surface area contributed by atoms with E-state index in [2.05, 4.69) is 0 Å². The molecule has 1 atom stereocenters. The third kappa shape index (κ3) is 3.94. The molecule has 2 N–H and O–H groups in total. The Balaban J connectivity index is 2.24. The summed E-state index contributed by atoms with van der Waals surface area (Å²) in [6.07, 6.45) is -3.87. The van der Waals surface area contributed by atoms with Gasteiger partial charge in [0.15, 0.2) is 0 Å². The molecule has 2 rings (SSSR count). The fourth-order valence-corrected chi connectivity index (χ4v) is 3.02. The van der Waals surface area contributed by atoms with E-state index in [4.69, 9.17) is 28.9 Å². The van der Waals surface area contributed by atoms with Crippen molar-refractivity contribution in [3.8, 4) is 0 Å². The summed E-state index contributed by atoms with van der Waals surface area (Å²) in [4.78, 5) is 0. The lowest BCUT2D eigenvalue weighted by molar-refractivity contribution is -0.137. The number of nitrogens with two attached hydrogens (primary N) is 1. The number of hydrogen-bond donors (Lipinski definition) is 1. The van der Waals surface area contributed by atoms with Gasteiger partial charge in [-0.25, -0.2) is 0 Å². The number of rotatable bonds is 4. The van der Waals surface area contributed by atoms with Crippen molar-refractivity contribution >= 4 is 23.2 Å². The summed E-state index contributed by atoms with van der Waals surface area (Å²) in [6, 6.07) is 10.2. The lowest BCUT2D eigenvalue weighted by Crippen LogP contribution is -2.16. The first-order valence-electron chi connectivity index (χ1n) is 6.63. The summed E-state index contributed by atoms with van der Waals surface area (Å²) >= 11 is 12.3. The van der Waals surface area contributed by atoms with Crippen LogP contribution in [-0.2, 0) is 12.6 Å². The SMILES string of the molecule is NCC(Cc1ccc(C(F)(F)F)cc1)c1c(Cl)cccc1Cl. The van der Waals surface area contributed by atoms with Crippen molar-refractivity contribution in [1.82, 2.24) is 0 Å². The highest BCUT2D eigenvalue weighted by Gasteiger charge is 2.30. The van der Waals surface area contributed by atoms with E-state index in [-0.39, 0.29) is 5.92 Å². The highest BCUT2D eigenvalue weighted by atomic mass is 35.5. The van der Waals surface area contributed by atoms with Gasteiger partial charge in [0.1, 0.15) is 0 Å². The Morgan fingerprint density at radius 2 is 1.50 bits per heavy atom. The molecule has 0 radical (unpaired) electrons. The Morgan fingerprint density at radius 3 is 1.95 bits per heavy atom. The van der Waals surface area contributed by atoms with E-state index in [1.165, 1.54) is 12.1 Å². The zero-order chi connectivity index (χ0) is 16.3. The van der Waals surface area contributed by atoms with Crippen LogP contribution in [0.25, 0.3) is 0 Å². The molecule has 0 heterocycles. The minimum absolute atomic E-state index is 0.155. The van der Waals surface area contributed by atoms with Crippen molar-refractivity contribution in [2.75, 3.05) is 6.54 Å². The van der Waals surface area contributed by atoms with Gasteiger partial charge in [0.05, 0.1) is 5.56 Å². The third-order valence-corrected chi connectivity index (χ3v) is 4.12. The monoisotopic (exact) mass is 347 g/mol. The molecule has 22 heavy (non-hydrogen) atoms. The van der Waals surface area contributed by atoms with Gasteiger partial charge in [0.25, 0.3) is 0 Å². The molecule has 118 valence electrons. The second-order valence-electron chi connectivity index (χ2n) is 4.97. The minimum Gasteiger partial charge on any atom is -0.330 e. The lowest BCUT2D eigenvalue weighted by atomic mass is 9.91. The number of alkyl halides is 3. The van der Waals surface area contributed by atoms with Gasteiger partial charge in [0, 0.05) is 16.0 Å². The Bertz CT molecular complexity index is 619. The van der Waals surface area contributed by atoms with Crippen LogP contribution in [0.1, 0.15) is 22.6 Å². The third-order valence-electron chi connectivity index (χ3n) is 3.46. The van der Waals surface area contributed by atoms with E-state index < -0.39 is 11.7 Å². The fraction of sp³-hybridized carbons (Fsp3) is 0.250. The van der Waals surface area contributed by atoms with Gasteiger partial charge in [-0.3, -0.25) is 0 Å². The maximum atomic E-state index is 12.6. The van der Waals surface area contributed by atoms with Gasteiger partial charge < -0.3 is 5.73 Å². The highest BCUT2D eigenvalue weighted by Crippen LogP contribution is 2.34. The fourth-order valence-electron chi connectivity index (χ4n) is 2.32. The summed E-state index contributed by atoms with van der Waals surface area (Å²) in [5, 5.41) is 1.02. The van der Waals surface area contributed by atoms with Crippen molar-refractivity contribution in [2.24, 2.45) is 5.73 Å². The molecule has 2 aromatic rings. The van der Waals surface area contributed by atoms with Crippen molar-refractivity contribution in [3.05, 3.63) is 69.2 Å². The van der Waals surface area contributed by atoms with E-state index in [0.717, 1.165) is 23.3 Å². The second-order valence-corrected chi connectivity index (χ2v) is 5.78. The first-order chi connectivity index (χ1) is 10.3. The molecule has 0 aliphatic heterocycles. The minimum atomic E-state index is -4.34. The second kappa shape index (κ2) is 6.90. The molecule has 6 heteroatoms. The standard InChI is InChI=1S/C16H14Cl2F3N/c17-13-2-1-3-14(18)15(13)11(9-22)8-10-4-6-12(7-5-10)16(19,20)21/h1-7,11H,8-9,22H2. The predicted octanol–water partition coefficient (Wildman–Crippen LogP) is 5.30. The number of benzene rings is 2. The summed E-state index contributed by atoms with van der Waals surface area (Å²) in [5.74, 6) is -0.155. The molecule has 2 aromatic carbocycles. The van der Waals surface area contributed by atoms with Gasteiger partial charge in [-0.15, -0.1) is 0 Å². The van der Waals surface area contributed by atoms with E-state index >= 15 is 0 Å². The maximum absolute atomic E-state index is 12.6. The van der Waals surface area contributed by atoms with Crippen LogP contribution in [0.15, 0.2) is 42.5 Å². The van der Waals surface area contributed by atoms with Crippen molar-refractivity contribution < 1.29 is 13.2 Å². The van der Waals surface area contributed by atoms with Crippen LogP contribution in [0, 0.1) is 0 Å². The topological polar surface area (TPSA) is 26.0 Å². The molecule has 0 aliphatic rings. The van der Waals surface area contributed by atoms with Crippen molar-refractivity contribution in [1.29, 1.82) is 0 Å². The van der Waals surface area contributed by atoms with E-state index in [1.54, 1.807) is 18.2 Å². The average Bonchev–Trinajstić information content (AvgIpc) is 2.45. The zero-order valence-corrected chi connectivity index (χ0v) is 13.0. The average molecular weight is 348 g/mol. The molecular formula is C16H14Cl2F3N. The normalized spacial score (nSPS) is 13.2. The summed E-state index contributed by atoms with van der Waals surface area (Å²) < 4.78 is 37.7. The summed E-state index contributed by atoms with van der Waals surface area (Å²) in [7, 11) is 0. The number of halogens is 5. The van der Waals surface area contributed by atoms with Crippen LogP contribution in [0.4, 0.5) is 13.2 Å². The first-order valence-corrected chi connectivity index (χ1v) is 7.38. The lowest BCUT2D eigenvalue weighted by Gasteiger charge is -2.18. The van der Waals surface area contributed by atoms with Gasteiger partial charge in [0.2, 0.25) is 0 Å². The predicted molar refractivity (Wildman–Crippen MR) is 83.4 cm³/mol. The number of hydrogen-bond acceptors (Lipinski definition) is 1. The van der Waals surface area contributed by atoms with Crippen LogP contribution in [0.3, 0.4) is 0 Å². The largest absolute Gasteiger partial charge is 0.416 e. The van der Waals surface area contributed by atoms with Gasteiger partial charge in [-0.2, -0.15) is 13.2 Å². The molecule has 0 amide bonds. The Hall–Kier alpha value is -1.23. The quantitative estimate of drug-likeness (QED) is 0.798. The molecule has 0 saturated heterocycles. The van der Waals surface area contributed by atoms with Gasteiger partial charge >= 0.3 is 6.18 Å². The molecule has 0 aromatic heterocycles. The first kappa shape index (κ1) is 17.1. The molecular weight excluding hydrogens is 334 g/mol. The van der Waals surface area contributed by atoms with E-state index in [9.17, 15) is 13.2 Å². The Labute approximate surface area is 136 Å². The van der Waals surface area contributed by atoms with Crippen LogP contribution < -0.4 is 5.73 Å². The van der Waals surface area contributed by atoms with Crippen molar-refractivity contribution in [3.63, 3.8) is 0 Å². The smallest absolute Gasteiger partial charge is 0.330 e. The molecule has 0 bridgehead atoms. The molecule has 1 nitrogen and oxygen atoms in total. The molecule has 0 saturated carbocycles. The van der Waals surface area contributed by atoms with E-state index in [1.807, 2.05) is 0 Å². The molecule has 0 spiro atoms. The van der Waals surface area contributed by atoms with Crippen LogP contribution >= 0.6 is 23.2 Å². The van der Waals surface area contributed by atoms with Gasteiger partial charge in [-0.05, 0) is 48.4 Å². The van der Waals surface area contributed by atoms with Crippen LogP contribution in [-0.4, -0.2) is 6.54 Å². The zero-order valence-electron chi connectivity index (χ0n) is 11.5. The molecule has 1 unspecified atom stereocenters. The highest BCUT2D eigenvalue weighted by molar-refractivity contribution is 6.36. The van der Waals surface area contributed by atoms with E-state index in [0.29, 0.717) is 23.0 Å². The maximum Gasteiger partial charge on any atom is 0.416 e. The molecule has 0 aliphatic carbocycles. The van der Waals surface area contributed by atoms with Gasteiger partial charge in [-0.1, -0.05) is 41.4 Å². The van der Waals surface area contributed by atoms with Crippen molar-refractivity contribution in [2.45, 2.75) is 18.5 Å². The van der Waals surface area contributed by atoms with Crippen LogP contribution in [0.5, 0.6) is 0 Å². The molecule has 0 fully saturated rings. The Morgan fingerprint density at radius 1 is 0.955 bits per heavy atom. The Kier molecular flexibility index (Phi) is 5.37. The summed E-state index contributed by atoms with van der Waals surface area (Å²) in [5.41, 5.74) is 6.60. The summed E-state index contributed by atoms with van der Waals surface area (Å²) in [6.45, 7) is 0.296.